The van der Waals surface area contributed by atoms with Crippen LogP contribution < -0.4 is 0 Å². The molecule has 1 saturated heterocycles. The van der Waals surface area contributed by atoms with Crippen LogP contribution in [0.4, 0.5) is 4.39 Å². The van der Waals surface area contributed by atoms with Gasteiger partial charge in [-0.3, -0.25) is 4.90 Å². The van der Waals surface area contributed by atoms with E-state index >= 15 is 0 Å². The Morgan fingerprint density at radius 1 is 1.11 bits per heavy atom. The fourth-order valence-electron chi connectivity index (χ4n) is 2.61. The molecular weight excluding hydrogens is 307 g/mol. The van der Waals surface area contributed by atoms with E-state index in [9.17, 15) is 4.39 Å². The maximum Gasteiger partial charge on any atom is 0.124 e. The molecule has 0 saturated carbocycles. The van der Waals surface area contributed by atoms with Crippen LogP contribution in [0.1, 0.15) is 19.4 Å². The lowest BCUT2D eigenvalue weighted by atomic mass is 10.1. The van der Waals surface area contributed by atoms with Gasteiger partial charge in [0.1, 0.15) is 5.82 Å². The first-order chi connectivity index (χ1) is 9.02. The average Bonchev–Trinajstić information content (AvgIpc) is 2.29. The maximum atomic E-state index is 13.3. The maximum absolute atomic E-state index is 13.3. The SMILES string of the molecule is CC(C)CN1CCN(Cc2cc(F)cc(Br)c2)CC1. The number of hydrogen-bond acceptors (Lipinski definition) is 2. The molecule has 1 aromatic carbocycles. The Labute approximate surface area is 123 Å². The standard InChI is InChI=1S/C15H22BrFN2/c1-12(2)10-18-3-5-19(6-4-18)11-13-7-14(16)9-15(17)8-13/h7-9,12H,3-6,10-11H2,1-2H3. The van der Waals surface area contributed by atoms with Crippen LogP contribution in [-0.2, 0) is 6.54 Å². The highest BCUT2D eigenvalue weighted by Gasteiger charge is 2.17. The smallest absolute Gasteiger partial charge is 0.124 e. The Kier molecular flexibility index (Phi) is 5.37. The molecule has 2 rings (SSSR count). The predicted molar refractivity (Wildman–Crippen MR) is 80.7 cm³/mol. The second-order valence-corrected chi connectivity index (χ2v) is 6.66. The summed E-state index contributed by atoms with van der Waals surface area (Å²) >= 11 is 3.35. The van der Waals surface area contributed by atoms with Crippen LogP contribution in [0.2, 0.25) is 0 Å². The van der Waals surface area contributed by atoms with Gasteiger partial charge in [-0.25, -0.2) is 4.39 Å². The van der Waals surface area contributed by atoms with Gasteiger partial charge in [0.2, 0.25) is 0 Å². The summed E-state index contributed by atoms with van der Waals surface area (Å²) in [5.74, 6) is 0.563. The van der Waals surface area contributed by atoms with Crippen LogP contribution in [0.3, 0.4) is 0 Å². The monoisotopic (exact) mass is 328 g/mol. The van der Waals surface area contributed by atoms with Crippen molar-refractivity contribution in [3.05, 3.63) is 34.1 Å². The summed E-state index contributed by atoms with van der Waals surface area (Å²) in [5, 5.41) is 0. The summed E-state index contributed by atoms with van der Waals surface area (Å²) in [7, 11) is 0. The molecule has 0 spiro atoms. The summed E-state index contributed by atoms with van der Waals surface area (Å²) in [5.41, 5.74) is 1.05. The van der Waals surface area contributed by atoms with Gasteiger partial charge in [0.15, 0.2) is 0 Å². The number of piperazine rings is 1. The Morgan fingerprint density at radius 3 is 2.32 bits per heavy atom. The third-order valence-electron chi connectivity index (χ3n) is 3.42. The number of benzene rings is 1. The zero-order valence-electron chi connectivity index (χ0n) is 11.7. The zero-order chi connectivity index (χ0) is 13.8. The molecule has 0 radical (unpaired) electrons. The Morgan fingerprint density at radius 2 is 1.74 bits per heavy atom. The number of hydrogen-bond donors (Lipinski definition) is 0. The van der Waals surface area contributed by atoms with Gasteiger partial charge in [0, 0.05) is 43.7 Å². The lowest BCUT2D eigenvalue weighted by Gasteiger charge is -2.35. The van der Waals surface area contributed by atoms with Gasteiger partial charge < -0.3 is 4.90 Å². The lowest BCUT2D eigenvalue weighted by Crippen LogP contribution is -2.46. The van der Waals surface area contributed by atoms with Crippen molar-refractivity contribution >= 4 is 15.9 Å². The highest BCUT2D eigenvalue weighted by atomic mass is 79.9. The zero-order valence-corrected chi connectivity index (χ0v) is 13.3. The Hall–Kier alpha value is -0.450. The van der Waals surface area contributed by atoms with E-state index in [4.69, 9.17) is 0 Å². The third kappa shape index (κ3) is 4.86. The second kappa shape index (κ2) is 6.82. The van der Waals surface area contributed by atoms with E-state index in [0.717, 1.165) is 48.7 Å². The van der Waals surface area contributed by atoms with Gasteiger partial charge in [-0.05, 0) is 29.7 Å². The summed E-state index contributed by atoms with van der Waals surface area (Å²) in [4.78, 5) is 4.92. The Balaban J connectivity index is 1.85. The van der Waals surface area contributed by atoms with Crippen molar-refractivity contribution in [3.63, 3.8) is 0 Å². The molecule has 1 heterocycles. The molecule has 1 fully saturated rings. The normalized spacial score (nSPS) is 18.2. The quantitative estimate of drug-likeness (QED) is 0.836. The number of halogens is 2. The molecule has 0 aromatic heterocycles. The molecule has 1 aromatic rings. The third-order valence-corrected chi connectivity index (χ3v) is 3.87. The van der Waals surface area contributed by atoms with Gasteiger partial charge in [0.05, 0.1) is 0 Å². The van der Waals surface area contributed by atoms with Crippen molar-refractivity contribution in [2.45, 2.75) is 20.4 Å². The topological polar surface area (TPSA) is 6.48 Å². The average molecular weight is 329 g/mol. The van der Waals surface area contributed by atoms with Gasteiger partial charge in [-0.2, -0.15) is 0 Å². The fourth-order valence-corrected chi connectivity index (χ4v) is 3.12. The highest BCUT2D eigenvalue weighted by Crippen LogP contribution is 2.17. The predicted octanol–water partition coefficient (Wildman–Crippen LogP) is 3.36. The van der Waals surface area contributed by atoms with Gasteiger partial charge in [-0.1, -0.05) is 29.8 Å². The molecule has 0 aliphatic carbocycles. The molecule has 0 atom stereocenters. The minimum absolute atomic E-state index is 0.164. The number of rotatable bonds is 4. The van der Waals surface area contributed by atoms with Crippen molar-refractivity contribution in [2.75, 3.05) is 32.7 Å². The van der Waals surface area contributed by atoms with Crippen molar-refractivity contribution in [3.8, 4) is 0 Å². The van der Waals surface area contributed by atoms with Crippen molar-refractivity contribution < 1.29 is 4.39 Å². The fraction of sp³-hybridized carbons (Fsp3) is 0.600. The summed E-state index contributed by atoms with van der Waals surface area (Å²) in [6.45, 7) is 10.9. The molecule has 19 heavy (non-hydrogen) atoms. The Bertz CT molecular complexity index is 394. The first-order valence-corrected chi connectivity index (χ1v) is 7.72. The van der Waals surface area contributed by atoms with Crippen LogP contribution in [0, 0.1) is 11.7 Å². The molecule has 0 unspecified atom stereocenters. The second-order valence-electron chi connectivity index (χ2n) is 5.75. The molecule has 0 bridgehead atoms. The highest BCUT2D eigenvalue weighted by molar-refractivity contribution is 9.10. The van der Waals surface area contributed by atoms with Gasteiger partial charge in [0.25, 0.3) is 0 Å². The molecule has 1 aliphatic heterocycles. The molecule has 4 heteroatoms. The molecule has 106 valence electrons. The van der Waals surface area contributed by atoms with Crippen molar-refractivity contribution in [2.24, 2.45) is 5.92 Å². The summed E-state index contributed by atoms with van der Waals surface area (Å²) in [6, 6.07) is 5.14. The van der Waals surface area contributed by atoms with E-state index in [1.54, 1.807) is 6.07 Å². The molecule has 1 aliphatic rings. The van der Waals surface area contributed by atoms with Crippen LogP contribution in [0.15, 0.2) is 22.7 Å². The van der Waals surface area contributed by atoms with E-state index in [1.807, 2.05) is 6.07 Å². The van der Waals surface area contributed by atoms with E-state index < -0.39 is 0 Å². The molecule has 0 N–H and O–H groups in total. The minimum Gasteiger partial charge on any atom is -0.301 e. The first kappa shape index (κ1) is 14.9. The summed E-state index contributed by atoms with van der Waals surface area (Å²) < 4.78 is 14.2. The van der Waals surface area contributed by atoms with Gasteiger partial charge in [-0.15, -0.1) is 0 Å². The molecule has 0 amide bonds. The number of nitrogens with zero attached hydrogens (tertiary/aromatic N) is 2. The lowest BCUT2D eigenvalue weighted by molar-refractivity contribution is 0.117. The minimum atomic E-state index is -0.164. The summed E-state index contributed by atoms with van der Waals surface area (Å²) in [6.07, 6.45) is 0. The van der Waals surface area contributed by atoms with E-state index in [2.05, 4.69) is 39.6 Å². The van der Waals surface area contributed by atoms with Crippen molar-refractivity contribution in [1.82, 2.24) is 9.80 Å². The van der Waals surface area contributed by atoms with Crippen LogP contribution in [-0.4, -0.2) is 42.5 Å². The van der Waals surface area contributed by atoms with Gasteiger partial charge >= 0.3 is 0 Å². The van der Waals surface area contributed by atoms with Crippen LogP contribution >= 0.6 is 15.9 Å². The molecular formula is C15H22BrFN2. The van der Waals surface area contributed by atoms with Crippen molar-refractivity contribution in [1.29, 1.82) is 0 Å². The molecule has 2 nitrogen and oxygen atoms in total. The van der Waals surface area contributed by atoms with Crippen LogP contribution in [0.5, 0.6) is 0 Å². The van der Waals surface area contributed by atoms with E-state index in [1.165, 1.54) is 12.6 Å². The van der Waals surface area contributed by atoms with Crippen LogP contribution in [0.25, 0.3) is 0 Å². The van der Waals surface area contributed by atoms with E-state index in [-0.39, 0.29) is 5.82 Å². The first-order valence-electron chi connectivity index (χ1n) is 6.92. The largest absolute Gasteiger partial charge is 0.301 e. The van der Waals surface area contributed by atoms with E-state index in [0.29, 0.717) is 0 Å².